The molecule has 2 nitrogen and oxygen atoms in total. The highest BCUT2D eigenvalue weighted by atomic mass is 16.1. The molecule has 0 radical (unpaired) electrons. The van der Waals surface area contributed by atoms with Crippen LogP contribution in [0.25, 0.3) is 0 Å². The SMILES string of the molecule is CCC(N)(CC)C(=O)c1cc(C)cc(C)c1. The molecule has 0 saturated heterocycles. The zero-order valence-corrected chi connectivity index (χ0v) is 10.6. The molecule has 1 aromatic carbocycles. The van der Waals surface area contributed by atoms with Gasteiger partial charge in [-0.3, -0.25) is 4.79 Å². The number of nitrogens with two attached hydrogens (primary N) is 1. The van der Waals surface area contributed by atoms with Crippen molar-refractivity contribution in [3.05, 3.63) is 34.9 Å². The van der Waals surface area contributed by atoms with E-state index in [1.165, 1.54) is 0 Å². The maximum Gasteiger partial charge on any atom is 0.182 e. The molecule has 0 spiro atoms. The van der Waals surface area contributed by atoms with E-state index in [1.807, 2.05) is 39.8 Å². The molecular formula is C14H21NO. The Morgan fingerprint density at radius 2 is 1.56 bits per heavy atom. The van der Waals surface area contributed by atoms with Crippen LogP contribution in [0.1, 0.15) is 48.2 Å². The van der Waals surface area contributed by atoms with Gasteiger partial charge in [0.1, 0.15) is 0 Å². The van der Waals surface area contributed by atoms with Gasteiger partial charge in [-0.25, -0.2) is 0 Å². The number of benzene rings is 1. The molecule has 88 valence electrons. The number of carbonyl (C=O) groups is 1. The molecule has 0 atom stereocenters. The first-order valence-corrected chi connectivity index (χ1v) is 5.85. The molecule has 0 fully saturated rings. The van der Waals surface area contributed by atoms with E-state index in [0.717, 1.165) is 16.7 Å². The Hall–Kier alpha value is -1.15. The van der Waals surface area contributed by atoms with E-state index in [2.05, 4.69) is 6.07 Å². The standard InChI is InChI=1S/C14H21NO/c1-5-14(15,6-2)13(16)12-8-10(3)7-11(4)9-12/h7-9H,5-6,15H2,1-4H3. The van der Waals surface area contributed by atoms with Crippen molar-refractivity contribution in [2.24, 2.45) is 5.73 Å². The van der Waals surface area contributed by atoms with Crippen LogP contribution in [-0.4, -0.2) is 11.3 Å². The van der Waals surface area contributed by atoms with E-state index in [9.17, 15) is 4.79 Å². The average Bonchev–Trinajstić information content (AvgIpc) is 2.25. The molecule has 1 rings (SSSR count). The molecule has 1 aromatic rings. The van der Waals surface area contributed by atoms with Crippen LogP contribution in [0.5, 0.6) is 0 Å². The first-order valence-electron chi connectivity index (χ1n) is 5.85. The smallest absolute Gasteiger partial charge is 0.182 e. The van der Waals surface area contributed by atoms with Gasteiger partial charge in [0, 0.05) is 5.56 Å². The quantitative estimate of drug-likeness (QED) is 0.791. The van der Waals surface area contributed by atoms with Gasteiger partial charge in [-0.05, 0) is 38.8 Å². The van der Waals surface area contributed by atoms with E-state index in [4.69, 9.17) is 5.73 Å². The highest BCUT2D eigenvalue weighted by Gasteiger charge is 2.30. The Balaban J connectivity index is 3.13. The summed E-state index contributed by atoms with van der Waals surface area (Å²) >= 11 is 0. The van der Waals surface area contributed by atoms with E-state index < -0.39 is 5.54 Å². The second-order valence-corrected chi connectivity index (χ2v) is 4.57. The number of ketones is 1. The van der Waals surface area contributed by atoms with Crippen molar-refractivity contribution < 1.29 is 4.79 Å². The molecule has 0 bridgehead atoms. The van der Waals surface area contributed by atoms with Crippen LogP contribution in [0.3, 0.4) is 0 Å². The number of Topliss-reactive ketones (excluding diaryl/α,β-unsaturated/α-hetero) is 1. The molecular weight excluding hydrogens is 198 g/mol. The third-order valence-electron chi connectivity index (χ3n) is 3.20. The van der Waals surface area contributed by atoms with Crippen molar-refractivity contribution >= 4 is 5.78 Å². The average molecular weight is 219 g/mol. The lowest BCUT2D eigenvalue weighted by Crippen LogP contribution is -2.46. The molecule has 2 N–H and O–H groups in total. The normalized spacial score (nSPS) is 11.6. The lowest BCUT2D eigenvalue weighted by atomic mass is 9.84. The summed E-state index contributed by atoms with van der Waals surface area (Å²) in [5.41, 5.74) is 8.37. The van der Waals surface area contributed by atoms with E-state index >= 15 is 0 Å². The minimum absolute atomic E-state index is 0.0595. The first-order chi connectivity index (χ1) is 7.42. The minimum Gasteiger partial charge on any atom is -0.319 e. The Kier molecular flexibility index (Phi) is 3.87. The van der Waals surface area contributed by atoms with Crippen molar-refractivity contribution in [1.82, 2.24) is 0 Å². The fraction of sp³-hybridized carbons (Fsp3) is 0.500. The van der Waals surface area contributed by atoms with Crippen LogP contribution in [0.4, 0.5) is 0 Å². The summed E-state index contributed by atoms with van der Waals surface area (Å²) in [6.45, 7) is 7.92. The number of carbonyl (C=O) groups excluding carboxylic acids is 1. The van der Waals surface area contributed by atoms with Gasteiger partial charge in [-0.15, -0.1) is 0 Å². The molecule has 0 heterocycles. The van der Waals surface area contributed by atoms with Crippen LogP contribution >= 0.6 is 0 Å². The monoisotopic (exact) mass is 219 g/mol. The van der Waals surface area contributed by atoms with Gasteiger partial charge >= 0.3 is 0 Å². The van der Waals surface area contributed by atoms with Gasteiger partial charge in [0.15, 0.2) is 5.78 Å². The number of hydrogen-bond donors (Lipinski definition) is 1. The maximum absolute atomic E-state index is 12.3. The van der Waals surface area contributed by atoms with Crippen molar-refractivity contribution in [1.29, 1.82) is 0 Å². The summed E-state index contributed by atoms with van der Waals surface area (Å²) in [6, 6.07) is 5.90. The van der Waals surface area contributed by atoms with Gasteiger partial charge in [0.25, 0.3) is 0 Å². The van der Waals surface area contributed by atoms with Crippen LogP contribution < -0.4 is 5.73 Å². The Morgan fingerprint density at radius 1 is 1.12 bits per heavy atom. The van der Waals surface area contributed by atoms with Crippen LogP contribution in [0.15, 0.2) is 18.2 Å². The Labute approximate surface area is 97.9 Å². The molecule has 0 saturated carbocycles. The van der Waals surface area contributed by atoms with E-state index in [1.54, 1.807) is 0 Å². The van der Waals surface area contributed by atoms with Crippen LogP contribution in [-0.2, 0) is 0 Å². The van der Waals surface area contributed by atoms with E-state index in [-0.39, 0.29) is 5.78 Å². The van der Waals surface area contributed by atoms with Crippen molar-refractivity contribution in [3.63, 3.8) is 0 Å². The van der Waals surface area contributed by atoms with Crippen LogP contribution in [0, 0.1) is 13.8 Å². The van der Waals surface area contributed by atoms with Crippen molar-refractivity contribution in [2.75, 3.05) is 0 Å². The van der Waals surface area contributed by atoms with Crippen molar-refractivity contribution in [2.45, 2.75) is 46.1 Å². The van der Waals surface area contributed by atoms with Gasteiger partial charge in [-0.2, -0.15) is 0 Å². The van der Waals surface area contributed by atoms with Gasteiger partial charge in [0.2, 0.25) is 0 Å². The summed E-state index contributed by atoms with van der Waals surface area (Å²) in [5, 5.41) is 0. The highest BCUT2D eigenvalue weighted by molar-refractivity contribution is 6.03. The summed E-state index contributed by atoms with van der Waals surface area (Å²) in [4.78, 5) is 12.3. The fourth-order valence-corrected chi connectivity index (χ4v) is 1.96. The van der Waals surface area contributed by atoms with Gasteiger partial charge in [0.05, 0.1) is 5.54 Å². The highest BCUT2D eigenvalue weighted by Crippen LogP contribution is 2.20. The fourth-order valence-electron chi connectivity index (χ4n) is 1.96. The Morgan fingerprint density at radius 3 is 1.94 bits per heavy atom. The predicted molar refractivity (Wildman–Crippen MR) is 67.7 cm³/mol. The Bertz CT molecular complexity index is 371. The topological polar surface area (TPSA) is 43.1 Å². The molecule has 0 amide bonds. The molecule has 0 aromatic heterocycles. The molecule has 0 unspecified atom stereocenters. The van der Waals surface area contributed by atoms with Crippen molar-refractivity contribution in [3.8, 4) is 0 Å². The molecule has 0 aliphatic heterocycles. The third-order valence-corrected chi connectivity index (χ3v) is 3.20. The molecule has 2 heteroatoms. The lowest BCUT2D eigenvalue weighted by Gasteiger charge is -2.25. The second-order valence-electron chi connectivity index (χ2n) is 4.57. The summed E-state index contributed by atoms with van der Waals surface area (Å²) in [6.07, 6.45) is 1.35. The molecule has 16 heavy (non-hydrogen) atoms. The number of aryl methyl sites for hydroxylation is 2. The predicted octanol–water partition coefficient (Wildman–Crippen LogP) is 3.00. The van der Waals surface area contributed by atoms with Gasteiger partial charge < -0.3 is 5.73 Å². The second kappa shape index (κ2) is 4.79. The summed E-state index contributed by atoms with van der Waals surface area (Å²) < 4.78 is 0. The summed E-state index contributed by atoms with van der Waals surface area (Å²) in [5.74, 6) is 0.0595. The zero-order valence-electron chi connectivity index (χ0n) is 10.6. The lowest BCUT2D eigenvalue weighted by molar-refractivity contribution is 0.0879. The van der Waals surface area contributed by atoms with E-state index in [0.29, 0.717) is 12.8 Å². The molecule has 0 aliphatic rings. The number of rotatable bonds is 4. The first kappa shape index (κ1) is 12.9. The zero-order chi connectivity index (χ0) is 12.3. The maximum atomic E-state index is 12.3. The van der Waals surface area contributed by atoms with Crippen LogP contribution in [0.2, 0.25) is 0 Å². The number of hydrogen-bond acceptors (Lipinski definition) is 2. The largest absolute Gasteiger partial charge is 0.319 e. The third kappa shape index (κ3) is 2.50. The summed E-state index contributed by atoms with van der Waals surface area (Å²) in [7, 11) is 0. The minimum atomic E-state index is -0.708. The molecule has 0 aliphatic carbocycles. The van der Waals surface area contributed by atoms with Gasteiger partial charge in [-0.1, -0.05) is 31.0 Å².